The van der Waals surface area contributed by atoms with Crippen LogP contribution >= 0.6 is 0 Å². The average molecular weight is 272 g/mol. The molecule has 1 aliphatic heterocycles. The Balaban J connectivity index is 2.08. The fraction of sp³-hybridized carbons (Fsp3) is 0.267. The Morgan fingerprint density at radius 2 is 2.05 bits per heavy atom. The van der Waals surface area contributed by atoms with Gasteiger partial charge >= 0.3 is 0 Å². The van der Waals surface area contributed by atoms with Crippen LogP contribution in [0.15, 0.2) is 36.4 Å². The molecule has 0 bridgehead atoms. The maximum atomic E-state index is 12.1. The van der Waals surface area contributed by atoms with Gasteiger partial charge in [-0.3, -0.25) is 19.7 Å². The summed E-state index contributed by atoms with van der Waals surface area (Å²) in [5, 5.41) is 2.21. The molecule has 0 aromatic heterocycles. The number of nitrogens with one attached hydrogen (secondary N) is 1. The summed E-state index contributed by atoms with van der Waals surface area (Å²) >= 11 is 0. The molecule has 1 aromatic carbocycles. The van der Waals surface area contributed by atoms with Gasteiger partial charge in [-0.15, -0.1) is 0 Å². The standard InChI is InChI=1S/C15H16N2O3/c1-2-17(12-10-13(18)16-15(12)20)14(19)9-8-11-6-4-3-5-7-11/h3-9,12H,2,10H2,1H3,(H,16,18,20)/b9-8-/t12-/m0/s1. The Bertz CT molecular complexity index is 551. The highest BCUT2D eigenvalue weighted by molar-refractivity contribution is 6.07. The topological polar surface area (TPSA) is 66.5 Å². The minimum Gasteiger partial charge on any atom is -0.327 e. The van der Waals surface area contributed by atoms with Crippen LogP contribution in [0, 0.1) is 0 Å². The highest BCUT2D eigenvalue weighted by Crippen LogP contribution is 2.12. The molecule has 1 aromatic rings. The van der Waals surface area contributed by atoms with Crippen LogP contribution in [-0.2, 0) is 14.4 Å². The molecule has 0 radical (unpaired) electrons. The molecule has 0 saturated carbocycles. The number of nitrogens with zero attached hydrogens (tertiary/aromatic N) is 1. The fourth-order valence-electron chi connectivity index (χ4n) is 2.15. The number of hydrogen-bond acceptors (Lipinski definition) is 3. The smallest absolute Gasteiger partial charge is 0.249 e. The van der Waals surface area contributed by atoms with Crippen LogP contribution < -0.4 is 5.32 Å². The molecule has 1 heterocycles. The van der Waals surface area contributed by atoms with Gasteiger partial charge in [0.2, 0.25) is 17.7 Å². The molecule has 1 aliphatic rings. The van der Waals surface area contributed by atoms with Gasteiger partial charge in [0.25, 0.3) is 0 Å². The highest BCUT2D eigenvalue weighted by Gasteiger charge is 2.36. The van der Waals surface area contributed by atoms with Crippen LogP contribution in [0.5, 0.6) is 0 Å². The summed E-state index contributed by atoms with van der Waals surface area (Å²) in [6, 6.07) is 8.72. The summed E-state index contributed by atoms with van der Waals surface area (Å²) in [4.78, 5) is 36.3. The zero-order valence-electron chi connectivity index (χ0n) is 11.2. The predicted octanol–water partition coefficient (Wildman–Crippen LogP) is 0.963. The minimum atomic E-state index is -0.694. The van der Waals surface area contributed by atoms with Gasteiger partial charge in [0.15, 0.2) is 0 Å². The SMILES string of the molecule is CCN(C(=O)/C=C\c1ccccc1)[C@H]1CC(=O)NC1=O. The third-order valence-corrected chi connectivity index (χ3v) is 3.16. The summed E-state index contributed by atoms with van der Waals surface area (Å²) < 4.78 is 0. The van der Waals surface area contributed by atoms with E-state index >= 15 is 0 Å². The van der Waals surface area contributed by atoms with E-state index in [1.165, 1.54) is 11.0 Å². The molecule has 104 valence electrons. The average Bonchev–Trinajstić information content (AvgIpc) is 2.77. The number of hydrogen-bond donors (Lipinski definition) is 1. The second-order valence-corrected chi connectivity index (χ2v) is 4.50. The van der Waals surface area contributed by atoms with E-state index in [2.05, 4.69) is 5.32 Å². The minimum absolute atomic E-state index is 0.0393. The zero-order chi connectivity index (χ0) is 14.5. The normalized spacial score (nSPS) is 18.4. The second kappa shape index (κ2) is 6.14. The molecular formula is C15H16N2O3. The number of imide groups is 1. The molecule has 0 aliphatic carbocycles. The van der Waals surface area contributed by atoms with E-state index < -0.39 is 11.9 Å². The van der Waals surface area contributed by atoms with Crippen LogP contribution in [0.2, 0.25) is 0 Å². The Hall–Kier alpha value is -2.43. The van der Waals surface area contributed by atoms with Gasteiger partial charge in [0, 0.05) is 12.6 Å². The van der Waals surface area contributed by atoms with Crippen molar-refractivity contribution in [3.8, 4) is 0 Å². The number of likely N-dealkylation sites (N-methyl/N-ethyl adjacent to an activating group) is 1. The fourth-order valence-corrected chi connectivity index (χ4v) is 2.15. The van der Waals surface area contributed by atoms with Crippen molar-refractivity contribution in [2.24, 2.45) is 0 Å². The quantitative estimate of drug-likeness (QED) is 0.656. The summed E-state index contributed by atoms with van der Waals surface area (Å²) in [7, 11) is 0. The van der Waals surface area contributed by atoms with Gasteiger partial charge in [0.05, 0.1) is 6.42 Å². The second-order valence-electron chi connectivity index (χ2n) is 4.50. The van der Waals surface area contributed by atoms with Crippen LogP contribution in [-0.4, -0.2) is 35.2 Å². The monoisotopic (exact) mass is 272 g/mol. The first kappa shape index (κ1) is 14.0. The molecule has 3 amide bonds. The lowest BCUT2D eigenvalue weighted by atomic mass is 10.2. The van der Waals surface area contributed by atoms with E-state index in [1.807, 2.05) is 30.3 Å². The van der Waals surface area contributed by atoms with Gasteiger partial charge < -0.3 is 4.90 Å². The van der Waals surface area contributed by atoms with Crippen molar-refractivity contribution >= 4 is 23.8 Å². The molecule has 5 nitrogen and oxygen atoms in total. The number of amides is 3. The van der Waals surface area contributed by atoms with Gasteiger partial charge in [-0.2, -0.15) is 0 Å². The molecule has 1 saturated heterocycles. The molecule has 1 fully saturated rings. The maximum Gasteiger partial charge on any atom is 0.249 e. The molecule has 1 N–H and O–H groups in total. The molecule has 5 heteroatoms. The third-order valence-electron chi connectivity index (χ3n) is 3.16. The van der Waals surface area contributed by atoms with Crippen molar-refractivity contribution in [2.75, 3.05) is 6.54 Å². The number of benzene rings is 1. The molecule has 0 spiro atoms. The number of carbonyl (C=O) groups excluding carboxylic acids is 3. The number of rotatable bonds is 4. The molecular weight excluding hydrogens is 256 g/mol. The summed E-state index contributed by atoms with van der Waals surface area (Å²) in [6.07, 6.45) is 3.16. The largest absolute Gasteiger partial charge is 0.327 e. The molecule has 20 heavy (non-hydrogen) atoms. The molecule has 1 atom stereocenters. The third kappa shape index (κ3) is 3.12. The Morgan fingerprint density at radius 1 is 1.35 bits per heavy atom. The van der Waals surface area contributed by atoms with Crippen molar-refractivity contribution in [2.45, 2.75) is 19.4 Å². The van der Waals surface area contributed by atoms with Gasteiger partial charge in [-0.05, 0) is 18.6 Å². The van der Waals surface area contributed by atoms with Gasteiger partial charge in [-0.25, -0.2) is 0 Å². The van der Waals surface area contributed by atoms with Crippen LogP contribution in [0.3, 0.4) is 0 Å². The Labute approximate surface area is 117 Å². The van der Waals surface area contributed by atoms with Crippen molar-refractivity contribution in [3.05, 3.63) is 42.0 Å². The van der Waals surface area contributed by atoms with E-state index in [4.69, 9.17) is 0 Å². The van der Waals surface area contributed by atoms with Gasteiger partial charge in [-0.1, -0.05) is 30.3 Å². The van der Waals surface area contributed by atoms with Crippen molar-refractivity contribution in [3.63, 3.8) is 0 Å². The molecule has 0 unspecified atom stereocenters. The highest BCUT2D eigenvalue weighted by atomic mass is 16.2. The summed E-state index contributed by atoms with van der Waals surface area (Å²) in [6.45, 7) is 2.16. The van der Waals surface area contributed by atoms with E-state index in [0.29, 0.717) is 6.54 Å². The lowest BCUT2D eigenvalue weighted by Crippen LogP contribution is -2.43. The lowest BCUT2D eigenvalue weighted by molar-refractivity contribution is -0.135. The maximum absolute atomic E-state index is 12.1. The molecule has 2 rings (SSSR count). The van der Waals surface area contributed by atoms with Crippen LogP contribution in [0.1, 0.15) is 18.9 Å². The Kier molecular flexibility index (Phi) is 4.30. The first-order valence-corrected chi connectivity index (χ1v) is 6.49. The summed E-state index contributed by atoms with van der Waals surface area (Å²) in [5.74, 6) is -1.01. The van der Waals surface area contributed by atoms with E-state index in [-0.39, 0.29) is 18.2 Å². The predicted molar refractivity (Wildman–Crippen MR) is 74.4 cm³/mol. The Morgan fingerprint density at radius 3 is 2.60 bits per heavy atom. The summed E-state index contributed by atoms with van der Waals surface area (Å²) in [5.41, 5.74) is 0.906. The van der Waals surface area contributed by atoms with Crippen molar-refractivity contribution in [1.82, 2.24) is 10.2 Å². The van der Waals surface area contributed by atoms with Crippen molar-refractivity contribution in [1.29, 1.82) is 0 Å². The van der Waals surface area contributed by atoms with E-state index in [0.717, 1.165) is 5.56 Å². The van der Waals surface area contributed by atoms with Crippen LogP contribution in [0.25, 0.3) is 6.08 Å². The lowest BCUT2D eigenvalue weighted by Gasteiger charge is -2.23. The van der Waals surface area contributed by atoms with E-state index in [1.54, 1.807) is 13.0 Å². The van der Waals surface area contributed by atoms with E-state index in [9.17, 15) is 14.4 Å². The number of carbonyl (C=O) groups is 3. The zero-order valence-corrected chi connectivity index (χ0v) is 11.2. The van der Waals surface area contributed by atoms with Gasteiger partial charge in [0.1, 0.15) is 6.04 Å². The van der Waals surface area contributed by atoms with Crippen LogP contribution in [0.4, 0.5) is 0 Å². The van der Waals surface area contributed by atoms with Crippen molar-refractivity contribution < 1.29 is 14.4 Å². The first-order chi connectivity index (χ1) is 9.61. The first-order valence-electron chi connectivity index (χ1n) is 6.49.